The number of H-pyrrole nitrogens is 1. The van der Waals surface area contributed by atoms with Crippen molar-refractivity contribution < 1.29 is 4.92 Å². The second kappa shape index (κ2) is 4.97. The van der Waals surface area contributed by atoms with E-state index in [1.54, 1.807) is 6.07 Å². The van der Waals surface area contributed by atoms with Gasteiger partial charge in [-0.3, -0.25) is 10.1 Å². The van der Waals surface area contributed by atoms with Crippen molar-refractivity contribution in [1.82, 2.24) is 4.98 Å². The summed E-state index contributed by atoms with van der Waals surface area (Å²) in [6.45, 7) is 0. The van der Waals surface area contributed by atoms with Crippen molar-refractivity contribution in [3.63, 3.8) is 0 Å². The quantitative estimate of drug-likeness (QED) is 0.609. The standard InChI is InChI=1S/C10H4Cl4N2O2/c11-5-2-1-4(3-6(5)12)8-9(16(17)18)7(13)10(14)15-8/h1-3,15H. The number of hydrogen-bond acceptors (Lipinski definition) is 2. The van der Waals surface area contributed by atoms with Crippen molar-refractivity contribution in [2.45, 2.75) is 0 Å². The minimum Gasteiger partial charge on any atom is -0.339 e. The van der Waals surface area contributed by atoms with E-state index in [9.17, 15) is 10.1 Å². The number of halogens is 4. The summed E-state index contributed by atoms with van der Waals surface area (Å²) in [5, 5.41) is 11.5. The average molecular weight is 326 g/mol. The van der Waals surface area contributed by atoms with Gasteiger partial charge in [-0.05, 0) is 12.1 Å². The van der Waals surface area contributed by atoms with Gasteiger partial charge in [-0.1, -0.05) is 52.5 Å². The van der Waals surface area contributed by atoms with Gasteiger partial charge in [-0.15, -0.1) is 0 Å². The van der Waals surface area contributed by atoms with Crippen LogP contribution in [-0.4, -0.2) is 9.91 Å². The number of nitrogens with one attached hydrogen (secondary N) is 1. The molecular formula is C10H4Cl4N2O2. The molecule has 0 atom stereocenters. The minimum absolute atomic E-state index is 0.00411. The summed E-state index contributed by atoms with van der Waals surface area (Å²) in [7, 11) is 0. The van der Waals surface area contributed by atoms with E-state index in [0.29, 0.717) is 10.6 Å². The Morgan fingerprint density at radius 3 is 2.33 bits per heavy atom. The van der Waals surface area contributed by atoms with Gasteiger partial charge in [0.2, 0.25) is 0 Å². The Morgan fingerprint density at radius 2 is 1.78 bits per heavy atom. The molecule has 2 rings (SSSR count). The Hall–Kier alpha value is -0.940. The number of rotatable bonds is 2. The van der Waals surface area contributed by atoms with Gasteiger partial charge >= 0.3 is 5.69 Å². The minimum atomic E-state index is -0.609. The second-order valence-electron chi connectivity index (χ2n) is 3.36. The van der Waals surface area contributed by atoms with Crippen LogP contribution in [0, 0.1) is 10.1 Å². The Kier molecular flexibility index (Phi) is 3.73. The molecule has 94 valence electrons. The van der Waals surface area contributed by atoms with Gasteiger partial charge in [-0.25, -0.2) is 0 Å². The first-order chi connectivity index (χ1) is 8.41. The van der Waals surface area contributed by atoms with Crippen LogP contribution in [0.2, 0.25) is 20.2 Å². The van der Waals surface area contributed by atoms with Crippen LogP contribution in [0.1, 0.15) is 0 Å². The van der Waals surface area contributed by atoms with Gasteiger partial charge < -0.3 is 4.98 Å². The molecule has 0 fully saturated rings. The zero-order valence-corrected chi connectivity index (χ0v) is 11.5. The van der Waals surface area contributed by atoms with Gasteiger partial charge in [0.1, 0.15) is 10.8 Å². The molecule has 1 aromatic carbocycles. The molecule has 4 nitrogen and oxygen atoms in total. The monoisotopic (exact) mass is 324 g/mol. The lowest BCUT2D eigenvalue weighted by Gasteiger charge is -2.01. The number of nitrogens with zero attached hydrogens (tertiary/aromatic N) is 1. The Bertz CT molecular complexity index is 639. The lowest BCUT2D eigenvalue weighted by molar-refractivity contribution is -0.383. The summed E-state index contributed by atoms with van der Waals surface area (Å²) in [6.07, 6.45) is 0. The SMILES string of the molecule is O=[N+]([O-])c1c(-c2ccc(Cl)c(Cl)c2)[nH]c(Cl)c1Cl. The van der Waals surface area contributed by atoms with Crippen molar-refractivity contribution in [2.75, 3.05) is 0 Å². The summed E-state index contributed by atoms with van der Waals surface area (Å²) in [4.78, 5) is 13.0. The van der Waals surface area contributed by atoms with E-state index in [1.165, 1.54) is 12.1 Å². The van der Waals surface area contributed by atoms with Crippen LogP contribution in [0.3, 0.4) is 0 Å². The van der Waals surface area contributed by atoms with E-state index in [0.717, 1.165) is 0 Å². The smallest absolute Gasteiger partial charge is 0.314 e. The number of nitro groups is 1. The highest BCUT2D eigenvalue weighted by Crippen LogP contribution is 2.41. The Balaban J connectivity index is 2.67. The van der Waals surface area contributed by atoms with E-state index in [-0.39, 0.29) is 26.6 Å². The van der Waals surface area contributed by atoms with Crippen molar-refractivity contribution in [3.8, 4) is 11.3 Å². The average Bonchev–Trinajstić information content (AvgIpc) is 2.59. The molecule has 0 spiro atoms. The molecule has 0 aliphatic heterocycles. The molecule has 0 amide bonds. The zero-order valence-electron chi connectivity index (χ0n) is 8.51. The molecule has 0 aliphatic carbocycles. The van der Waals surface area contributed by atoms with Crippen LogP contribution < -0.4 is 0 Å². The largest absolute Gasteiger partial charge is 0.339 e. The highest BCUT2D eigenvalue weighted by atomic mass is 35.5. The summed E-state index contributed by atoms with van der Waals surface area (Å²) in [6, 6.07) is 4.61. The van der Waals surface area contributed by atoms with E-state index in [4.69, 9.17) is 46.4 Å². The molecule has 0 saturated heterocycles. The molecule has 0 saturated carbocycles. The Labute approximate surface area is 122 Å². The third-order valence-electron chi connectivity index (χ3n) is 2.26. The topological polar surface area (TPSA) is 58.9 Å². The van der Waals surface area contributed by atoms with Crippen molar-refractivity contribution in [2.24, 2.45) is 0 Å². The van der Waals surface area contributed by atoms with Gasteiger partial charge in [0.05, 0.1) is 15.0 Å². The molecule has 1 aromatic heterocycles. The van der Waals surface area contributed by atoms with E-state index in [1.807, 2.05) is 0 Å². The summed E-state index contributed by atoms with van der Waals surface area (Å²) in [5.74, 6) is 0. The molecule has 2 aromatic rings. The highest BCUT2D eigenvalue weighted by molar-refractivity contribution is 6.44. The van der Waals surface area contributed by atoms with E-state index < -0.39 is 4.92 Å². The predicted octanol–water partition coefficient (Wildman–Crippen LogP) is 5.20. The first-order valence-corrected chi connectivity index (χ1v) is 6.09. The van der Waals surface area contributed by atoms with E-state index >= 15 is 0 Å². The van der Waals surface area contributed by atoms with Gasteiger partial charge in [0.25, 0.3) is 0 Å². The maximum absolute atomic E-state index is 11.0. The molecular weight excluding hydrogens is 322 g/mol. The number of aromatic nitrogens is 1. The number of hydrogen-bond donors (Lipinski definition) is 1. The fraction of sp³-hybridized carbons (Fsp3) is 0. The molecule has 1 N–H and O–H groups in total. The summed E-state index contributed by atoms with van der Waals surface area (Å²) >= 11 is 23.2. The van der Waals surface area contributed by atoms with Crippen molar-refractivity contribution >= 4 is 52.1 Å². The normalized spacial score (nSPS) is 10.7. The van der Waals surface area contributed by atoms with Gasteiger partial charge in [0, 0.05) is 5.56 Å². The van der Waals surface area contributed by atoms with Gasteiger partial charge in [0.15, 0.2) is 5.02 Å². The maximum atomic E-state index is 11.0. The lowest BCUT2D eigenvalue weighted by atomic mass is 10.1. The van der Waals surface area contributed by atoms with Crippen LogP contribution in [0.25, 0.3) is 11.3 Å². The predicted molar refractivity (Wildman–Crippen MR) is 72.9 cm³/mol. The highest BCUT2D eigenvalue weighted by Gasteiger charge is 2.26. The molecule has 0 bridgehead atoms. The summed E-state index contributed by atoms with van der Waals surface area (Å²) < 4.78 is 0. The third-order valence-corrected chi connectivity index (χ3v) is 3.75. The van der Waals surface area contributed by atoms with Crippen LogP contribution >= 0.6 is 46.4 Å². The summed E-state index contributed by atoms with van der Waals surface area (Å²) in [5.41, 5.74) is 0.374. The second-order valence-corrected chi connectivity index (χ2v) is 4.93. The van der Waals surface area contributed by atoms with Crippen LogP contribution in [0.4, 0.5) is 5.69 Å². The molecule has 18 heavy (non-hydrogen) atoms. The van der Waals surface area contributed by atoms with Crippen molar-refractivity contribution in [1.29, 1.82) is 0 Å². The Morgan fingerprint density at radius 1 is 1.11 bits per heavy atom. The van der Waals surface area contributed by atoms with Crippen LogP contribution in [0.15, 0.2) is 18.2 Å². The fourth-order valence-corrected chi connectivity index (χ4v) is 2.16. The van der Waals surface area contributed by atoms with Crippen LogP contribution in [0.5, 0.6) is 0 Å². The van der Waals surface area contributed by atoms with E-state index in [2.05, 4.69) is 4.98 Å². The molecule has 0 aliphatic rings. The first-order valence-electron chi connectivity index (χ1n) is 4.58. The zero-order chi connectivity index (χ0) is 13.4. The first kappa shape index (κ1) is 13.5. The maximum Gasteiger partial charge on any atom is 0.314 e. The lowest BCUT2D eigenvalue weighted by Crippen LogP contribution is -1.90. The number of aromatic amines is 1. The fourth-order valence-electron chi connectivity index (χ4n) is 1.47. The van der Waals surface area contributed by atoms with Crippen molar-refractivity contribution in [3.05, 3.63) is 48.5 Å². The van der Waals surface area contributed by atoms with Crippen LogP contribution in [-0.2, 0) is 0 Å². The molecule has 0 unspecified atom stereocenters. The molecule has 8 heteroatoms. The molecule has 0 radical (unpaired) electrons. The number of benzene rings is 1. The third kappa shape index (κ3) is 2.29. The van der Waals surface area contributed by atoms with Gasteiger partial charge in [-0.2, -0.15) is 0 Å². The molecule has 1 heterocycles.